The summed E-state index contributed by atoms with van der Waals surface area (Å²) in [5.74, 6) is -0.301. The van der Waals surface area contributed by atoms with Crippen molar-refractivity contribution >= 4 is 11.7 Å². The maximum Gasteiger partial charge on any atom is 0.254 e. The summed E-state index contributed by atoms with van der Waals surface area (Å²) in [5.41, 5.74) is 0.537. The van der Waals surface area contributed by atoms with Crippen molar-refractivity contribution in [2.75, 3.05) is 27.3 Å². The summed E-state index contributed by atoms with van der Waals surface area (Å²) < 4.78 is 10.1. The predicted molar refractivity (Wildman–Crippen MR) is 70.8 cm³/mol. The minimum absolute atomic E-state index is 0.0386. The number of carbonyl (C=O) groups is 2. The van der Waals surface area contributed by atoms with Crippen LogP contribution in [0, 0.1) is 0 Å². The van der Waals surface area contributed by atoms with E-state index in [1.807, 2.05) is 6.07 Å². The lowest BCUT2D eigenvalue weighted by atomic mass is 10.2. The molecular formula is C14H19NO4. The number of rotatable bonds is 7. The van der Waals surface area contributed by atoms with Gasteiger partial charge in [0.1, 0.15) is 5.78 Å². The molecule has 0 saturated carbocycles. The Morgan fingerprint density at radius 1 is 1.16 bits per heavy atom. The number of nitrogens with zero attached hydrogens (tertiary/aromatic N) is 1. The number of ketones is 1. The summed E-state index contributed by atoms with van der Waals surface area (Å²) in [6.07, 6.45) is -0.549. The van der Waals surface area contributed by atoms with Gasteiger partial charge in [0.25, 0.3) is 5.91 Å². The number of ether oxygens (including phenoxy) is 2. The third-order valence-corrected chi connectivity index (χ3v) is 2.62. The van der Waals surface area contributed by atoms with Crippen molar-refractivity contribution in [1.82, 2.24) is 4.90 Å². The van der Waals surface area contributed by atoms with Crippen molar-refractivity contribution in [1.29, 1.82) is 0 Å². The molecule has 0 fully saturated rings. The highest BCUT2D eigenvalue weighted by Crippen LogP contribution is 2.07. The molecule has 0 spiro atoms. The van der Waals surface area contributed by atoms with Gasteiger partial charge in [-0.1, -0.05) is 18.2 Å². The van der Waals surface area contributed by atoms with E-state index in [1.54, 1.807) is 24.3 Å². The van der Waals surface area contributed by atoms with Gasteiger partial charge in [-0.25, -0.2) is 0 Å². The SMILES string of the molecule is COC(CN(CC(C)=O)C(=O)c1ccccc1)OC. The summed E-state index contributed by atoms with van der Waals surface area (Å²) in [7, 11) is 2.99. The number of benzene rings is 1. The topological polar surface area (TPSA) is 55.8 Å². The number of Topliss-reactive ketones (excluding diaryl/α,β-unsaturated/α-hetero) is 1. The van der Waals surface area contributed by atoms with Gasteiger partial charge in [-0.05, 0) is 19.1 Å². The highest BCUT2D eigenvalue weighted by Gasteiger charge is 2.21. The first-order chi connectivity index (χ1) is 9.08. The summed E-state index contributed by atoms with van der Waals surface area (Å²) >= 11 is 0. The van der Waals surface area contributed by atoms with Gasteiger partial charge in [0.15, 0.2) is 6.29 Å². The average Bonchev–Trinajstić information content (AvgIpc) is 2.43. The van der Waals surface area contributed by atoms with Crippen molar-refractivity contribution in [3.63, 3.8) is 0 Å². The van der Waals surface area contributed by atoms with E-state index < -0.39 is 6.29 Å². The molecule has 0 aliphatic carbocycles. The molecule has 104 valence electrons. The van der Waals surface area contributed by atoms with E-state index in [1.165, 1.54) is 26.0 Å². The largest absolute Gasteiger partial charge is 0.354 e. The second kappa shape index (κ2) is 7.66. The zero-order valence-corrected chi connectivity index (χ0v) is 11.5. The molecule has 19 heavy (non-hydrogen) atoms. The zero-order chi connectivity index (χ0) is 14.3. The molecule has 1 rings (SSSR count). The van der Waals surface area contributed by atoms with Gasteiger partial charge in [-0.2, -0.15) is 0 Å². The van der Waals surface area contributed by atoms with Gasteiger partial charge in [-0.15, -0.1) is 0 Å². The van der Waals surface area contributed by atoms with Crippen LogP contribution in [-0.4, -0.2) is 50.2 Å². The van der Waals surface area contributed by atoms with E-state index in [2.05, 4.69) is 0 Å². The van der Waals surface area contributed by atoms with Crippen molar-refractivity contribution in [3.8, 4) is 0 Å². The molecule has 1 aromatic carbocycles. The Bertz CT molecular complexity index is 415. The zero-order valence-electron chi connectivity index (χ0n) is 11.5. The normalized spacial score (nSPS) is 10.5. The maximum absolute atomic E-state index is 12.3. The monoisotopic (exact) mass is 265 g/mol. The van der Waals surface area contributed by atoms with Crippen molar-refractivity contribution in [3.05, 3.63) is 35.9 Å². The van der Waals surface area contributed by atoms with E-state index in [4.69, 9.17) is 9.47 Å². The first-order valence-corrected chi connectivity index (χ1v) is 5.97. The second-order valence-corrected chi connectivity index (χ2v) is 4.15. The van der Waals surface area contributed by atoms with Crippen molar-refractivity contribution in [2.24, 2.45) is 0 Å². The van der Waals surface area contributed by atoms with E-state index >= 15 is 0 Å². The predicted octanol–water partition coefficient (Wildman–Crippen LogP) is 1.34. The van der Waals surface area contributed by atoms with Crippen LogP contribution in [-0.2, 0) is 14.3 Å². The standard InChI is InChI=1S/C14H19NO4/c1-11(16)9-15(10-13(18-2)19-3)14(17)12-7-5-4-6-8-12/h4-8,13H,9-10H2,1-3H3. The highest BCUT2D eigenvalue weighted by atomic mass is 16.7. The Balaban J connectivity index is 2.84. The third-order valence-electron chi connectivity index (χ3n) is 2.62. The van der Waals surface area contributed by atoms with Crippen LogP contribution in [0.15, 0.2) is 30.3 Å². The Labute approximate surface area is 113 Å². The van der Waals surface area contributed by atoms with Crippen LogP contribution in [0.3, 0.4) is 0 Å². The molecule has 0 unspecified atom stereocenters. The van der Waals surface area contributed by atoms with E-state index in [0.29, 0.717) is 5.56 Å². The minimum atomic E-state index is -0.549. The number of methoxy groups -OCH3 is 2. The number of hydrogen-bond acceptors (Lipinski definition) is 4. The molecule has 0 saturated heterocycles. The van der Waals surface area contributed by atoms with E-state index in [0.717, 1.165) is 0 Å². The van der Waals surface area contributed by atoms with Crippen LogP contribution in [0.1, 0.15) is 17.3 Å². The Hall–Kier alpha value is -1.72. The molecule has 0 heterocycles. The van der Waals surface area contributed by atoms with Crippen LogP contribution in [0.4, 0.5) is 0 Å². The summed E-state index contributed by atoms with van der Waals surface area (Å²) in [5, 5.41) is 0. The Morgan fingerprint density at radius 3 is 2.21 bits per heavy atom. The summed E-state index contributed by atoms with van der Waals surface area (Å²) in [6, 6.07) is 8.82. The molecule has 0 radical (unpaired) electrons. The number of amides is 1. The Morgan fingerprint density at radius 2 is 1.74 bits per heavy atom. The highest BCUT2D eigenvalue weighted by molar-refractivity contribution is 5.96. The van der Waals surface area contributed by atoms with Crippen molar-refractivity contribution < 1.29 is 19.1 Å². The number of carbonyl (C=O) groups excluding carboxylic acids is 2. The maximum atomic E-state index is 12.3. The summed E-state index contributed by atoms with van der Waals surface area (Å²) in [4.78, 5) is 25.0. The quantitative estimate of drug-likeness (QED) is 0.698. The van der Waals surface area contributed by atoms with E-state index in [9.17, 15) is 9.59 Å². The second-order valence-electron chi connectivity index (χ2n) is 4.15. The first kappa shape index (κ1) is 15.3. The lowest BCUT2D eigenvalue weighted by Gasteiger charge is -2.25. The van der Waals surface area contributed by atoms with Gasteiger partial charge in [0, 0.05) is 19.8 Å². The van der Waals surface area contributed by atoms with Crippen LogP contribution < -0.4 is 0 Å². The molecule has 0 aromatic heterocycles. The molecule has 5 nitrogen and oxygen atoms in total. The van der Waals surface area contributed by atoms with Gasteiger partial charge in [-0.3, -0.25) is 9.59 Å². The van der Waals surface area contributed by atoms with Crippen LogP contribution >= 0.6 is 0 Å². The molecule has 0 N–H and O–H groups in total. The van der Waals surface area contributed by atoms with Gasteiger partial charge in [0.05, 0.1) is 13.1 Å². The first-order valence-electron chi connectivity index (χ1n) is 5.97. The van der Waals surface area contributed by atoms with Crippen LogP contribution in [0.5, 0.6) is 0 Å². The molecule has 0 atom stereocenters. The number of hydrogen-bond donors (Lipinski definition) is 0. The molecule has 0 aliphatic rings. The lowest BCUT2D eigenvalue weighted by Crippen LogP contribution is -2.41. The fourth-order valence-corrected chi connectivity index (χ4v) is 1.68. The molecule has 1 amide bonds. The van der Waals surface area contributed by atoms with Gasteiger partial charge >= 0.3 is 0 Å². The molecular weight excluding hydrogens is 246 g/mol. The lowest BCUT2D eigenvalue weighted by molar-refractivity contribution is -0.123. The average molecular weight is 265 g/mol. The van der Waals surface area contributed by atoms with Gasteiger partial charge in [0.2, 0.25) is 0 Å². The van der Waals surface area contributed by atoms with Crippen LogP contribution in [0.25, 0.3) is 0 Å². The Kier molecular flexibility index (Phi) is 6.18. The smallest absolute Gasteiger partial charge is 0.254 e. The molecule has 5 heteroatoms. The third kappa shape index (κ3) is 4.81. The van der Waals surface area contributed by atoms with Crippen LogP contribution in [0.2, 0.25) is 0 Å². The molecule has 1 aromatic rings. The minimum Gasteiger partial charge on any atom is -0.354 e. The van der Waals surface area contributed by atoms with E-state index in [-0.39, 0.29) is 24.8 Å². The summed E-state index contributed by atoms with van der Waals surface area (Å²) in [6.45, 7) is 1.69. The molecule has 0 aliphatic heterocycles. The molecule has 0 bridgehead atoms. The van der Waals surface area contributed by atoms with Gasteiger partial charge < -0.3 is 14.4 Å². The fourth-order valence-electron chi connectivity index (χ4n) is 1.68. The fraction of sp³-hybridized carbons (Fsp3) is 0.429. The van der Waals surface area contributed by atoms with Crippen molar-refractivity contribution in [2.45, 2.75) is 13.2 Å².